The van der Waals surface area contributed by atoms with Gasteiger partial charge in [-0.1, -0.05) is 29.3 Å². The Balaban J connectivity index is 2.01. The average Bonchev–Trinajstić information content (AvgIpc) is 2.91. The first-order chi connectivity index (χ1) is 10.1. The molecule has 0 unspecified atom stereocenters. The van der Waals surface area contributed by atoms with Gasteiger partial charge in [-0.05, 0) is 17.7 Å². The van der Waals surface area contributed by atoms with E-state index in [0.717, 1.165) is 5.56 Å². The molecule has 0 saturated heterocycles. The summed E-state index contributed by atoms with van der Waals surface area (Å²) in [5.41, 5.74) is 0.788. The maximum atomic E-state index is 11.7. The fraction of sp³-hybridized carbons (Fsp3) is 0.308. The largest absolute Gasteiger partial charge is 0.417 e. The van der Waals surface area contributed by atoms with Crippen molar-refractivity contribution in [2.75, 3.05) is 20.3 Å². The molecule has 1 heterocycles. The molecule has 1 aromatic heterocycles. The second-order valence-electron chi connectivity index (χ2n) is 4.16. The normalized spacial score (nSPS) is 10.6. The summed E-state index contributed by atoms with van der Waals surface area (Å²) in [5, 5.41) is 11.2. The van der Waals surface area contributed by atoms with Crippen molar-refractivity contribution in [2.24, 2.45) is 0 Å². The number of rotatable bonds is 6. The summed E-state index contributed by atoms with van der Waals surface area (Å²) in [6.45, 7) is 0.781. The van der Waals surface area contributed by atoms with E-state index in [1.807, 2.05) is 0 Å². The maximum Gasteiger partial charge on any atom is 0.308 e. The first-order valence-corrected chi connectivity index (χ1v) is 6.89. The first-order valence-electron chi connectivity index (χ1n) is 6.13. The number of ether oxygens (including phenoxy) is 1. The lowest BCUT2D eigenvalue weighted by Crippen LogP contribution is -2.27. The number of nitrogens with zero attached hydrogens (tertiary/aromatic N) is 2. The van der Waals surface area contributed by atoms with Crippen molar-refractivity contribution in [1.82, 2.24) is 15.5 Å². The van der Waals surface area contributed by atoms with E-state index >= 15 is 0 Å². The van der Waals surface area contributed by atoms with Gasteiger partial charge in [0.05, 0.1) is 13.0 Å². The van der Waals surface area contributed by atoms with Crippen LogP contribution in [0, 0.1) is 0 Å². The van der Waals surface area contributed by atoms with E-state index < -0.39 is 5.91 Å². The van der Waals surface area contributed by atoms with Gasteiger partial charge in [-0.25, -0.2) is 0 Å². The molecule has 6 nitrogen and oxygen atoms in total. The predicted octanol–water partition coefficient (Wildman–Crippen LogP) is 2.34. The van der Waals surface area contributed by atoms with Crippen molar-refractivity contribution in [3.8, 4) is 0 Å². The van der Waals surface area contributed by atoms with E-state index in [2.05, 4.69) is 15.5 Å². The maximum absolute atomic E-state index is 11.7. The number of benzene rings is 1. The minimum atomic E-state index is -0.437. The van der Waals surface area contributed by atoms with E-state index in [1.54, 1.807) is 25.3 Å². The molecule has 0 saturated carbocycles. The molecule has 0 fully saturated rings. The summed E-state index contributed by atoms with van der Waals surface area (Å²) in [6, 6.07) is 5.12. The molecular weight excluding hydrogens is 317 g/mol. The van der Waals surface area contributed by atoms with Crippen LogP contribution < -0.4 is 5.32 Å². The number of carbonyl (C=O) groups excluding carboxylic acids is 1. The van der Waals surface area contributed by atoms with Gasteiger partial charge in [0.25, 0.3) is 0 Å². The zero-order valence-corrected chi connectivity index (χ0v) is 12.7. The lowest BCUT2D eigenvalue weighted by molar-refractivity contribution is 0.0901. The fourth-order valence-electron chi connectivity index (χ4n) is 1.59. The highest BCUT2D eigenvalue weighted by Gasteiger charge is 2.15. The minimum Gasteiger partial charge on any atom is -0.417 e. The molecule has 0 aliphatic rings. The Morgan fingerprint density at radius 2 is 2.19 bits per heavy atom. The molecule has 2 aromatic rings. The smallest absolute Gasteiger partial charge is 0.308 e. The summed E-state index contributed by atoms with van der Waals surface area (Å²) in [4.78, 5) is 11.7. The number of carbonyl (C=O) groups is 1. The number of halogens is 2. The molecule has 8 heteroatoms. The van der Waals surface area contributed by atoms with Crippen LogP contribution in [0.2, 0.25) is 10.0 Å². The number of aromatic nitrogens is 2. The van der Waals surface area contributed by atoms with Gasteiger partial charge in [0.15, 0.2) is 0 Å². The van der Waals surface area contributed by atoms with Crippen LogP contribution in [0.3, 0.4) is 0 Å². The van der Waals surface area contributed by atoms with Crippen LogP contribution in [-0.4, -0.2) is 36.4 Å². The molecule has 0 aliphatic carbocycles. The highest BCUT2D eigenvalue weighted by atomic mass is 35.5. The Kier molecular flexibility index (Phi) is 5.55. The van der Waals surface area contributed by atoms with Gasteiger partial charge in [0.2, 0.25) is 5.89 Å². The number of hydrogen-bond acceptors (Lipinski definition) is 5. The van der Waals surface area contributed by atoms with Crippen molar-refractivity contribution >= 4 is 29.1 Å². The fourth-order valence-corrected chi connectivity index (χ4v) is 2.06. The minimum absolute atomic E-state index is 0.0915. The number of hydrogen-bond donors (Lipinski definition) is 1. The van der Waals surface area contributed by atoms with Gasteiger partial charge in [-0.15, -0.1) is 10.2 Å². The third-order valence-electron chi connectivity index (χ3n) is 2.61. The van der Waals surface area contributed by atoms with Crippen molar-refractivity contribution in [3.63, 3.8) is 0 Å². The molecule has 1 aromatic carbocycles. The van der Waals surface area contributed by atoms with Crippen molar-refractivity contribution in [3.05, 3.63) is 45.6 Å². The average molecular weight is 330 g/mol. The third-order valence-corrected chi connectivity index (χ3v) is 3.20. The predicted molar refractivity (Wildman–Crippen MR) is 77.8 cm³/mol. The number of nitrogens with one attached hydrogen (secondary N) is 1. The summed E-state index contributed by atoms with van der Waals surface area (Å²) in [5.74, 6) is -0.227. The Morgan fingerprint density at radius 3 is 2.90 bits per heavy atom. The van der Waals surface area contributed by atoms with Crippen LogP contribution in [0.4, 0.5) is 0 Å². The number of methoxy groups -OCH3 is 1. The summed E-state index contributed by atoms with van der Waals surface area (Å²) >= 11 is 11.9. The van der Waals surface area contributed by atoms with Gasteiger partial charge >= 0.3 is 11.8 Å². The van der Waals surface area contributed by atoms with Gasteiger partial charge in [0.1, 0.15) is 0 Å². The highest BCUT2D eigenvalue weighted by molar-refractivity contribution is 6.35. The molecule has 1 N–H and O–H groups in total. The van der Waals surface area contributed by atoms with Crippen LogP contribution in [-0.2, 0) is 11.2 Å². The van der Waals surface area contributed by atoms with Crippen molar-refractivity contribution in [2.45, 2.75) is 6.42 Å². The van der Waals surface area contributed by atoms with E-state index in [4.69, 9.17) is 32.4 Å². The second-order valence-corrected chi connectivity index (χ2v) is 5.01. The summed E-state index contributed by atoms with van der Waals surface area (Å²) < 4.78 is 10.1. The van der Waals surface area contributed by atoms with Gasteiger partial charge in [-0.2, -0.15) is 0 Å². The SMILES string of the molecule is COCCNC(=O)c1nnc(Cc2ccc(Cl)cc2Cl)o1. The van der Waals surface area contributed by atoms with E-state index in [0.29, 0.717) is 35.5 Å². The standard InChI is InChI=1S/C13H13Cl2N3O3/c1-20-5-4-16-12(19)13-18-17-11(21-13)6-8-2-3-9(14)7-10(8)15/h2-3,7H,4-6H2,1H3,(H,16,19). The third kappa shape index (κ3) is 4.42. The lowest BCUT2D eigenvalue weighted by Gasteiger charge is -2.01. The monoisotopic (exact) mass is 329 g/mol. The number of amides is 1. The molecule has 1 amide bonds. The van der Waals surface area contributed by atoms with E-state index in [1.165, 1.54) is 0 Å². The highest BCUT2D eigenvalue weighted by Crippen LogP contribution is 2.23. The van der Waals surface area contributed by atoms with Gasteiger partial charge < -0.3 is 14.5 Å². The molecule has 0 atom stereocenters. The zero-order valence-electron chi connectivity index (χ0n) is 11.2. The molecule has 0 bridgehead atoms. The second kappa shape index (κ2) is 7.40. The zero-order chi connectivity index (χ0) is 15.2. The molecule has 112 valence electrons. The molecule has 21 heavy (non-hydrogen) atoms. The van der Waals surface area contributed by atoms with Crippen molar-refractivity contribution < 1.29 is 13.9 Å². The Bertz CT molecular complexity index is 631. The quantitative estimate of drug-likeness (QED) is 0.823. The van der Waals surface area contributed by atoms with Crippen LogP contribution >= 0.6 is 23.2 Å². The van der Waals surface area contributed by atoms with E-state index in [9.17, 15) is 4.79 Å². The topological polar surface area (TPSA) is 77.2 Å². The molecular formula is C13H13Cl2N3O3. The summed E-state index contributed by atoms with van der Waals surface area (Å²) in [6.07, 6.45) is 0.328. The molecule has 0 spiro atoms. The van der Waals surface area contributed by atoms with E-state index in [-0.39, 0.29) is 5.89 Å². The van der Waals surface area contributed by atoms with Crippen LogP contribution in [0.1, 0.15) is 22.1 Å². The van der Waals surface area contributed by atoms with Gasteiger partial charge in [-0.3, -0.25) is 4.79 Å². The van der Waals surface area contributed by atoms with Crippen LogP contribution in [0.15, 0.2) is 22.6 Å². The van der Waals surface area contributed by atoms with Crippen molar-refractivity contribution in [1.29, 1.82) is 0 Å². The summed E-state index contributed by atoms with van der Waals surface area (Å²) in [7, 11) is 1.55. The molecule has 0 radical (unpaired) electrons. The Hall–Kier alpha value is -1.63. The van der Waals surface area contributed by atoms with Crippen LogP contribution in [0.25, 0.3) is 0 Å². The molecule has 0 aliphatic heterocycles. The van der Waals surface area contributed by atoms with Gasteiger partial charge in [0, 0.05) is 23.7 Å². The molecule has 2 rings (SSSR count). The lowest BCUT2D eigenvalue weighted by atomic mass is 10.1. The van der Waals surface area contributed by atoms with Crippen LogP contribution in [0.5, 0.6) is 0 Å². The Labute approximate surface area is 131 Å². The first kappa shape index (κ1) is 15.8. The Morgan fingerprint density at radius 1 is 1.38 bits per heavy atom.